The predicted molar refractivity (Wildman–Crippen MR) is 91.5 cm³/mol. The van der Waals surface area contributed by atoms with Gasteiger partial charge in [-0.05, 0) is 30.4 Å². The molecule has 0 saturated heterocycles. The summed E-state index contributed by atoms with van der Waals surface area (Å²) in [5.41, 5.74) is -2.50. The van der Waals surface area contributed by atoms with Crippen LogP contribution >= 0.6 is 23.2 Å². The van der Waals surface area contributed by atoms with E-state index >= 15 is 0 Å². The third kappa shape index (κ3) is 2.93. The Labute approximate surface area is 156 Å². The van der Waals surface area contributed by atoms with E-state index < -0.39 is 51.1 Å². The van der Waals surface area contributed by atoms with Crippen molar-refractivity contribution in [3.8, 4) is 0 Å². The summed E-state index contributed by atoms with van der Waals surface area (Å²) in [4.78, 5) is 33.4. The molecule has 0 aliphatic heterocycles. The van der Waals surface area contributed by atoms with E-state index in [1.165, 1.54) is 19.9 Å². The zero-order valence-corrected chi connectivity index (χ0v) is 16.0. The van der Waals surface area contributed by atoms with E-state index in [0.717, 1.165) is 0 Å². The molecule has 0 aromatic heterocycles. The Balaban J connectivity index is 2.58. The molecular formula is C17H22Cl2O6. The molecule has 0 radical (unpaired) electrons. The van der Waals surface area contributed by atoms with Crippen molar-refractivity contribution in [2.45, 2.75) is 62.2 Å². The number of halogens is 2. The van der Waals surface area contributed by atoms with Crippen LogP contribution in [0.4, 0.5) is 0 Å². The molecule has 6 nitrogen and oxygen atoms in total. The van der Waals surface area contributed by atoms with Crippen LogP contribution in [0, 0.1) is 11.3 Å². The van der Waals surface area contributed by atoms with Crippen LogP contribution in [0.5, 0.6) is 0 Å². The summed E-state index contributed by atoms with van der Waals surface area (Å²) in [6.07, 6.45) is -0.744. The Hall–Kier alpha value is -0.950. The summed E-state index contributed by atoms with van der Waals surface area (Å²) in [6.45, 7) is 5.92. The van der Waals surface area contributed by atoms with Crippen LogP contribution in [0.25, 0.3) is 0 Å². The van der Waals surface area contributed by atoms with Crippen molar-refractivity contribution in [1.82, 2.24) is 0 Å². The molecular weight excluding hydrogens is 371 g/mol. The molecule has 2 aliphatic rings. The first-order valence-electron chi connectivity index (χ1n) is 7.95. The molecule has 8 heteroatoms. The molecule has 0 aromatic rings. The number of aldehydes is 1. The molecule has 0 bridgehead atoms. The van der Waals surface area contributed by atoms with Crippen molar-refractivity contribution >= 4 is 41.2 Å². The first-order chi connectivity index (χ1) is 11.3. The van der Waals surface area contributed by atoms with Crippen molar-refractivity contribution in [1.29, 1.82) is 0 Å². The van der Waals surface area contributed by atoms with Gasteiger partial charge in [-0.1, -0.05) is 13.8 Å². The number of carbonyl (C=O) groups excluding carboxylic acids is 3. The highest BCUT2D eigenvalue weighted by atomic mass is 35.5. The van der Waals surface area contributed by atoms with E-state index in [-0.39, 0.29) is 12.7 Å². The van der Waals surface area contributed by atoms with Gasteiger partial charge in [0.05, 0.1) is 5.38 Å². The summed E-state index contributed by atoms with van der Waals surface area (Å²) in [6, 6.07) is 0. The van der Waals surface area contributed by atoms with Gasteiger partial charge in [0, 0.05) is 12.8 Å². The first-order valence-corrected chi connectivity index (χ1v) is 8.77. The fourth-order valence-electron chi connectivity index (χ4n) is 3.83. The van der Waals surface area contributed by atoms with E-state index in [4.69, 9.17) is 27.9 Å². The molecule has 0 heterocycles. The minimum absolute atomic E-state index is 0.0904. The third-order valence-corrected chi connectivity index (χ3v) is 6.91. The topological polar surface area (TPSA) is 101 Å². The molecule has 2 rings (SSSR count). The van der Waals surface area contributed by atoms with Crippen molar-refractivity contribution in [2.24, 2.45) is 11.3 Å². The maximum absolute atomic E-state index is 12.6. The number of carbonyl (C=O) groups is 3. The molecule has 0 aromatic carbocycles. The minimum atomic E-state index is -2.09. The van der Waals surface area contributed by atoms with Crippen molar-refractivity contribution in [3.05, 3.63) is 11.6 Å². The zero-order chi connectivity index (χ0) is 19.4. The molecule has 25 heavy (non-hydrogen) atoms. The van der Waals surface area contributed by atoms with Gasteiger partial charge in [0.1, 0.15) is 22.7 Å². The number of hydrogen-bond donors (Lipinski definition) is 2. The first kappa shape index (κ1) is 20.4. The molecule has 140 valence electrons. The number of allylic oxidation sites excluding steroid dienone is 1. The van der Waals surface area contributed by atoms with Gasteiger partial charge in [-0.25, -0.2) is 0 Å². The smallest absolute Gasteiger partial charge is 0.303 e. The summed E-state index contributed by atoms with van der Waals surface area (Å²) >= 11 is 12.8. The second kappa shape index (κ2) is 6.34. The number of aliphatic hydroxyl groups is 2. The fourth-order valence-corrected chi connectivity index (χ4v) is 4.66. The Morgan fingerprint density at radius 3 is 2.56 bits per heavy atom. The van der Waals surface area contributed by atoms with Gasteiger partial charge in [0.25, 0.3) is 0 Å². The molecule has 0 amide bonds. The van der Waals surface area contributed by atoms with Crippen LogP contribution in [0.3, 0.4) is 0 Å². The fraction of sp³-hybridized carbons (Fsp3) is 0.706. The number of esters is 1. The number of aliphatic hydroxyl groups excluding tert-OH is 1. The lowest BCUT2D eigenvalue weighted by atomic mass is 9.54. The van der Waals surface area contributed by atoms with Crippen LogP contribution in [-0.2, 0) is 19.1 Å². The molecule has 1 saturated carbocycles. The van der Waals surface area contributed by atoms with Gasteiger partial charge in [0.2, 0.25) is 0 Å². The molecule has 0 spiro atoms. The van der Waals surface area contributed by atoms with Gasteiger partial charge >= 0.3 is 5.97 Å². The van der Waals surface area contributed by atoms with E-state index in [1.54, 1.807) is 13.8 Å². The standard InChI is InChI=1S/C17H22Cl2O6/c1-8-14(25-9(2)21)13(23)12(18)10-5-11(22)17(19,6-15(8,10)3)16(4,24)7-20/h5,7-8,12-14,23-24H,6H2,1-4H3/t8-,12+,13-,14+,15+,16?,17+/m0/s1. The van der Waals surface area contributed by atoms with E-state index in [1.807, 2.05) is 0 Å². The van der Waals surface area contributed by atoms with Gasteiger partial charge in [0.15, 0.2) is 12.1 Å². The second-order valence-electron chi connectivity index (χ2n) is 7.38. The predicted octanol–water partition coefficient (Wildman–Crippen LogP) is 1.37. The molecule has 2 aliphatic carbocycles. The maximum Gasteiger partial charge on any atom is 0.303 e. The maximum atomic E-state index is 12.6. The Kier molecular flexibility index (Phi) is 5.16. The van der Waals surface area contributed by atoms with Gasteiger partial charge < -0.3 is 19.7 Å². The van der Waals surface area contributed by atoms with Gasteiger partial charge in [-0.3, -0.25) is 9.59 Å². The lowest BCUT2D eigenvalue weighted by Gasteiger charge is -2.55. The Morgan fingerprint density at radius 2 is 2.08 bits per heavy atom. The largest absolute Gasteiger partial charge is 0.459 e. The SMILES string of the molecule is CC(=O)O[C@H]1[C@@H](O)[C@H](Cl)C2=CC(=O)[C@@](Cl)(C(C)(O)C=O)C[C@]2(C)[C@H]1C. The Morgan fingerprint density at radius 1 is 1.52 bits per heavy atom. The van der Waals surface area contributed by atoms with E-state index in [2.05, 4.69) is 0 Å². The molecule has 1 fully saturated rings. The number of ether oxygens (including phenoxy) is 1. The normalized spacial score (nSPS) is 43.5. The van der Waals surface area contributed by atoms with Crippen LogP contribution in [0.2, 0.25) is 0 Å². The summed E-state index contributed by atoms with van der Waals surface area (Å²) in [5.74, 6) is -1.67. The van der Waals surface area contributed by atoms with E-state index in [0.29, 0.717) is 5.57 Å². The highest BCUT2D eigenvalue weighted by Crippen LogP contribution is 2.57. The monoisotopic (exact) mass is 392 g/mol. The van der Waals surface area contributed by atoms with Crippen LogP contribution < -0.4 is 0 Å². The minimum Gasteiger partial charge on any atom is -0.459 e. The molecule has 7 atom stereocenters. The van der Waals surface area contributed by atoms with Crippen LogP contribution in [0.1, 0.15) is 34.1 Å². The van der Waals surface area contributed by atoms with Crippen LogP contribution in [0.15, 0.2) is 11.6 Å². The van der Waals surface area contributed by atoms with Crippen LogP contribution in [-0.4, -0.2) is 56.3 Å². The number of rotatable bonds is 3. The van der Waals surface area contributed by atoms with Crippen molar-refractivity contribution in [2.75, 3.05) is 0 Å². The summed E-state index contributed by atoms with van der Waals surface area (Å²) in [5, 5.41) is 19.9. The average molecular weight is 393 g/mol. The molecule has 2 N–H and O–H groups in total. The number of ketones is 1. The Bertz CT molecular complexity index is 645. The quantitative estimate of drug-likeness (QED) is 0.427. The second-order valence-corrected chi connectivity index (χ2v) is 8.50. The summed E-state index contributed by atoms with van der Waals surface area (Å²) < 4.78 is 5.25. The highest BCUT2D eigenvalue weighted by Gasteiger charge is 2.63. The summed E-state index contributed by atoms with van der Waals surface area (Å²) in [7, 11) is 0. The van der Waals surface area contributed by atoms with E-state index in [9.17, 15) is 24.6 Å². The zero-order valence-electron chi connectivity index (χ0n) is 14.5. The average Bonchev–Trinajstić information content (AvgIpc) is 2.52. The lowest BCUT2D eigenvalue weighted by Crippen LogP contribution is -2.64. The molecule has 1 unspecified atom stereocenters. The number of hydrogen-bond acceptors (Lipinski definition) is 6. The number of alkyl halides is 2. The van der Waals surface area contributed by atoms with Crippen molar-refractivity contribution < 1.29 is 29.3 Å². The van der Waals surface area contributed by atoms with Crippen molar-refractivity contribution in [3.63, 3.8) is 0 Å². The van der Waals surface area contributed by atoms with Gasteiger partial charge in [-0.15, -0.1) is 23.2 Å². The lowest BCUT2D eigenvalue weighted by molar-refractivity contribution is -0.165. The van der Waals surface area contributed by atoms with Gasteiger partial charge in [-0.2, -0.15) is 0 Å². The number of fused-ring (bicyclic) bond motifs is 1. The third-order valence-electron chi connectivity index (χ3n) is 5.71. The highest BCUT2D eigenvalue weighted by molar-refractivity contribution is 6.40.